The van der Waals surface area contributed by atoms with Gasteiger partial charge in [0.25, 0.3) is 0 Å². The molecule has 0 radical (unpaired) electrons. The highest BCUT2D eigenvalue weighted by atomic mass is 16.4. The topological polar surface area (TPSA) is 170 Å². The minimum atomic E-state index is -1.32. The fourth-order valence-corrected chi connectivity index (χ4v) is 3.17. The van der Waals surface area contributed by atoms with Crippen LogP contribution in [0.1, 0.15) is 20.7 Å². The summed E-state index contributed by atoms with van der Waals surface area (Å²) in [5, 5.41) is 57.3. The summed E-state index contributed by atoms with van der Waals surface area (Å²) in [6.07, 6.45) is 0. The predicted molar refractivity (Wildman–Crippen MR) is 126 cm³/mol. The molecule has 10 nitrogen and oxygen atoms in total. The minimum absolute atomic E-state index is 0.254. The quantitative estimate of drug-likeness (QED) is 0.320. The predicted octanol–water partition coefficient (Wildman–Crippen LogP) is 5.73. The SMILES string of the molecule is O=C(O)c1cc(N=Nc2ccc(-c3ccc(N=Nc4ccc([O-])c(C(=O)O)c4)cc3)cc2)ccc1[O-]. The van der Waals surface area contributed by atoms with E-state index in [0.29, 0.717) is 11.4 Å². The van der Waals surface area contributed by atoms with Crippen LogP contribution >= 0.6 is 0 Å². The molecule has 0 amide bonds. The number of carboxylic acids is 2. The number of nitrogens with zero attached hydrogens (tertiary/aromatic N) is 4. The van der Waals surface area contributed by atoms with Crippen LogP contribution in [0.3, 0.4) is 0 Å². The lowest BCUT2D eigenvalue weighted by Gasteiger charge is -2.09. The number of carboxylic acid groups (broad SMARTS) is 2. The second-order valence-corrected chi connectivity index (χ2v) is 7.46. The maximum Gasteiger partial charge on any atom is 0.335 e. The Balaban J connectivity index is 1.44. The Kier molecular flexibility index (Phi) is 6.78. The van der Waals surface area contributed by atoms with Gasteiger partial charge in [-0.3, -0.25) is 0 Å². The van der Waals surface area contributed by atoms with Crippen molar-refractivity contribution in [3.05, 3.63) is 96.1 Å². The molecule has 0 saturated heterocycles. The molecular formula is C26H16N4O6-2. The lowest BCUT2D eigenvalue weighted by molar-refractivity contribution is -0.269. The number of rotatable bonds is 7. The standard InChI is InChI=1S/C26H18N4O6/c31-23-11-9-19(13-21(23)25(33)34)29-27-17-5-1-15(2-6-17)16-3-7-18(8-4-16)28-30-20-10-12-24(32)22(14-20)26(35)36/h1-14,31-32H,(H,33,34)(H,35,36)/p-2. The van der Waals surface area contributed by atoms with Crippen molar-refractivity contribution in [2.45, 2.75) is 0 Å². The van der Waals surface area contributed by atoms with Gasteiger partial charge in [-0.15, -0.1) is 0 Å². The Morgan fingerprint density at radius 1 is 0.500 bits per heavy atom. The molecule has 178 valence electrons. The third-order valence-corrected chi connectivity index (χ3v) is 5.02. The zero-order valence-corrected chi connectivity index (χ0v) is 18.4. The van der Waals surface area contributed by atoms with E-state index in [0.717, 1.165) is 23.3 Å². The maximum atomic E-state index is 11.5. The van der Waals surface area contributed by atoms with Gasteiger partial charge < -0.3 is 20.4 Å². The van der Waals surface area contributed by atoms with Crippen molar-refractivity contribution in [1.29, 1.82) is 0 Å². The fraction of sp³-hybridized carbons (Fsp3) is 0. The van der Waals surface area contributed by atoms with Crippen molar-refractivity contribution < 1.29 is 30.0 Å². The Bertz CT molecular complexity index is 1380. The van der Waals surface area contributed by atoms with Crippen molar-refractivity contribution in [1.82, 2.24) is 0 Å². The van der Waals surface area contributed by atoms with E-state index in [-0.39, 0.29) is 22.5 Å². The van der Waals surface area contributed by atoms with Crippen molar-refractivity contribution in [3.8, 4) is 22.6 Å². The van der Waals surface area contributed by atoms with E-state index >= 15 is 0 Å². The van der Waals surface area contributed by atoms with Crippen LogP contribution in [0.5, 0.6) is 11.5 Å². The number of benzene rings is 4. The molecule has 4 rings (SSSR count). The first-order valence-electron chi connectivity index (χ1n) is 10.4. The molecular weight excluding hydrogens is 464 g/mol. The molecule has 4 aromatic rings. The van der Waals surface area contributed by atoms with Gasteiger partial charge in [0.2, 0.25) is 0 Å². The number of azo groups is 2. The number of hydrogen-bond acceptors (Lipinski definition) is 8. The maximum absolute atomic E-state index is 11.5. The molecule has 4 aromatic carbocycles. The molecule has 0 aliphatic carbocycles. The molecule has 10 heteroatoms. The van der Waals surface area contributed by atoms with Crippen LogP contribution in [-0.2, 0) is 0 Å². The van der Waals surface area contributed by atoms with Gasteiger partial charge in [0.1, 0.15) is 0 Å². The summed E-state index contributed by atoms with van der Waals surface area (Å²) in [7, 11) is 0. The van der Waals surface area contributed by atoms with Gasteiger partial charge in [-0.05, 0) is 59.7 Å². The Morgan fingerprint density at radius 3 is 1.14 bits per heavy atom. The molecule has 0 aromatic heterocycles. The molecule has 0 atom stereocenters. The van der Waals surface area contributed by atoms with E-state index in [4.69, 9.17) is 10.2 Å². The van der Waals surface area contributed by atoms with E-state index in [1.807, 2.05) is 24.3 Å². The van der Waals surface area contributed by atoms with E-state index in [2.05, 4.69) is 20.5 Å². The molecule has 0 saturated carbocycles. The zero-order chi connectivity index (χ0) is 25.7. The van der Waals surface area contributed by atoms with Crippen molar-refractivity contribution >= 4 is 34.7 Å². The molecule has 0 unspecified atom stereocenters. The highest BCUT2D eigenvalue weighted by molar-refractivity contribution is 5.92. The molecule has 0 spiro atoms. The average Bonchev–Trinajstić information content (AvgIpc) is 2.88. The van der Waals surface area contributed by atoms with Crippen LogP contribution in [0.2, 0.25) is 0 Å². The third-order valence-electron chi connectivity index (χ3n) is 5.02. The molecule has 0 aliphatic rings. The average molecular weight is 480 g/mol. The monoisotopic (exact) mass is 480 g/mol. The van der Waals surface area contributed by atoms with E-state index < -0.39 is 23.4 Å². The molecule has 0 heterocycles. The molecule has 0 aliphatic heterocycles. The van der Waals surface area contributed by atoms with Gasteiger partial charge in [-0.2, -0.15) is 20.5 Å². The van der Waals surface area contributed by atoms with Gasteiger partial charge in [0, 0.05) is 0 Å². The Morgan fingerprint density at radius 2 is 0.806 bits per heavy atom. The zero-order valence-electron chi connectivity index (χ0n) is 18.4. The minimum Gasteiger partial charge on any atom is -0.872 e. The van der Waals surface area contributed by atoms with Crippen molar-refractivity contribution in [2.24, 2.45) is 20.5 Å². The second kappa shape index (κ2) is 10.3. The first kappa shape index (κ1) is 23.8. The highest BCUT2D eigenvalue weighted by Gasteiger charge is 2.06. The summed E-state index contributed by atoms with van der Waals surface area (Å²) in [6.45, 7) is 0. The van der Waals surface area contributed by atoms with Crippen LogP contribution in [0.15, 0.2) is 105 Å². The Labute approximate surface area is 204 Å². The first-order chi connectivity index (χ1) is 17.3. The summed E-state index contributed by atoms with van der Waals surface area (Å²) in [5.74, 6) is -3.83. The lowest BCUT2D eigenvalue weighted by Crippen LogP contribution is -2.02. The molecule has 0 bridgehead atoms. The summed E-state index contributed by atoms with van der Waals surface area (Å²) in [6, 6.07) is 21.7. The summed E-state index contributed by atoms with van der Waals surface area (Å²) < 4.78 is 0. The van der Waals surface area contributed by atoms with Gasteiger partial charge >= 0.3 is 11.9 Å². The number of carbonyl (C=O) groups is 2. The third kappa shape index (κ3) is 5.57. The second-order valence-electron chi connectivity index (χ2n) is 7.46. The Hall–Kier alpha value is -5.38. The molecule has 36 heavy (non-hydrogen) atoms. The smallest absolute Gasteiger partial charge is 0.335 e. The number of hydrogen-bond donors (Lipinski definition) is 2. The van der Waals surface area contributed by atoms with Gasteiger partial charge in [-0.1, -0.05) is 47.9 Å². The fourth-order valence-electron chi connectivity index (χ4n) is 3.17. The molecule has 2 N–H and O–H groups in total. The van der Waals surface area contributed by atoms with Gasteiger partial charge in [-0.25, -0.2) is 9.59 Å². The lowest BCUT2D eigenvalue weighted by atomic mass is 10.1. The van der Waals surface area contributed by atoms with E-state index in [9.17, 15) is 19.8 Å². The van der Waals surface area contributed by atoms with Crippen LogP contribution in [0, 0.1) is 0 Å². The van der Waals surface area contributed by atoms with Crippen LogP contribution < -0.4 is 10.2 Å². The first-order valence-corrected chi connectivity index (χ1v) is 10.4. The van der Waals surface area contributed by atoms with Crippen molar-refractivity contribution in [2.75, 3.05) is 0 Å². The van der Waals surface area contributed by atoms with Crippen LogP contribution in [-0.4, -0.2) is 22.2 Å². The van der Waals surface area contributed by atoms with Crippen molar-refractivity contribution in [3.63, 3.8) is 0 Å². The summed E-state index contributed by atoms with van der Waals surface area (Å²) >= 11 is 0. The van der Waals surface area contributed by atoms with Crippen LogP contribution in [0.4, 0.5) is 22.7 Å². The largest absolute Gasteiger partial charge is 0.872 e. The van der Waals surface area contributed by atoms with Gasteiger partial charge in [0.05, 0.1) is 33.9 Å². The summed E-state index contributed by atoms with van der Waals surface area (Å²) in [4.78, 5) is 22.2. The van der Waals surface area contributed by atoms with Gasteiger partial charge in [0.15, 0.2) is 0 Å². The summed E-state index contributed by atoms with van der Waals surface area (Å²) in [5.41, 5.74) is 2.66. The normalized spacial score (nSPS) is 11.2. The van der Waals surface area contributed by atoms with Crippen LogP contribution in [0.25, 0.3) is 11.1 Å². The highest BCUT2D eigenvalue weighted by Crippen LogP contribution is 2.28. The number of aromatic carboxylic acids is 2. The van der Waals surface area contributed by atoms with E-state index in [1.165, 1.54) is 24.3 Å². The van der Waals surface area contributed by atoms with E-state index in [1.54, 1.807) is 24.3 Å². The molecule has 0 fully saturated rings.